The van der Waals surface area contributed by atoms with Gasteiger partial charge in [0.2, 0.25) is 11.2 Å². The Hall–Kier alpha value is -2.79. The molecule has 3 rings (SSSR count). The van der Waals surface area contributed by atoms with Gasteiger partial charge in [0.1, 0.15) is 12.1 Å². The van der Waals surface area contributed by atoms with Crippen LogP contribution in [0.25, 0.3) is 22.3 Å². The highest BCUT2D eigenvalue weighted by molar-refractivity contribution is 5.82. The predicted octanol–water partition coefficient (Wildman–Crippen LogP) is 7.34. The first-order valence-electron chi connectivity index (χ1n) is 13.8. The average molecular weight is 494 g/mol. The van der Waals surface area contributed by atoms with Crippen molar-refractivity contribution in [1.29, 1.82) is 0 Å². The quantitative estimate of drug-likeness (QED) is 0.189. The largest absolute Gasteiger partial charge is 0.502 e. The molecule has 0 atom stereocenters. The number of nitrogens with zero attached hydrogens (tertiary/aromatic N) is 2. The monoisotopic (exact) mass is 493 g/mol. The fraction of sp³-hybridized carbons (Fsp3) is 0.516. The maximum atomic E-state index is 13.1. The summed E-state index contributed by atoms with van der Waals surface area (Å²) in [6.07, 6.45) is 9.13. The van der Waals surface area contributed by atoms with Crippen LogP contribution in [0.4, 0.5) is 5.69 Å². The molecule has 1 N–H and O–H groups in total. The average Bonchev–Trinajstić information content (AvgIpc) is 2.87. The Morgan fingerprint density at radius 3 is 2.14 bits per heavy atom. The van der Waals surface area contributed by atoms with E-state index in [9.17, 15) is 9.90 Å². The van der Waals surface area contributed by atoms with E-state index in [2.05, 4.69) is 39.8 Å². The maximum absolute atomic E-state index is 13.1. The van der Waals surface area contributed by atoms with Gasteiger partial charge in [-0.25, -0.2) is 0 Å². The molecule has 0 unspecified atom stereocenters. The number of fused-ring (bicyclic) bond motifs is 1. The van der Waals surface area contributed by atoms with Gasteiger partial charge in [-0.3, -0.25) is 4.79 Å². The Bertz CT molecular complexity index is 1160. The van der Waals surface area contributed by atoms with Crippen LogP contribution in [0.1, 0.15) is 71.3 Å². The summed E-state index contributed by atoms with van der Waals surface area (Å²) in [5.41, 5.74) is 3.01. The number of aromatic hydroxyl groups is 1. The summed E-state index contributed by atoms with van der Waals surface area (Å²) in [6.45, 7) is 10.3. The molecule has 0 fully saturated rings. The topological polar surface area (TPSA) is 53.7 Å². The van der Waals surface area contributed by atoms with Crippen molar-refractivity contribution >= 4 is 16.7 Å². The van der Waals surface area contributed by atoms with Gasteiger partial charge in [-0.2, -0.15) is 0 Å². The van der Waals surface area contributed by atoms with Gasteiger partial charge in [-0.1, -0.05) is 39.0 Å². The fourth-order valence-corrected chi connectivity index (χ4v) is 5.01. The summed E-state index contributed by atoms with van der Waals surface area (Å²) in [7, 11) is 4.48. The zero-order chi connectivity index (χ0) is 26.1. The van der Waals surface area contributed by atoms with E-state index in [1.54, 1.807) is 0 Å². The van der Waals surface area contributed by atoms with Crippen molar-refractivity contribution in [2.45, 2.75) is 72.3 Å². The Morgan fingerprint density at radius 2 is 1.50 bits per heavy atom. The highest BCUT2D eigenvalue weighted by Gasteiger charge is 2.19. The first-order valence-corrected chi connectivity index (χ1v) is 13.8. The van der Waals surface area contributed by atoms with Gasteiger partial charge in [0.15, 0.2) is 5.76 Å². The molecule has 36 heavy (non-hydrogen) atoms. The summed E-state index contributed by atoms with van der Waals surface area (Å²) >= 11 is 0. The molecule has 5 heteroatoms. The molecule has 0 aliphatic rings. The number of hydrogen-bond donors (Lipinski definition) is 1. The second-order valence-electron chi connectivity index (χ2n) is 10.6. The minimum absolute atomic E-state index is 0.224. The van der Waals surface area contributed by atoms with Crippen LogP contribution in [-0.2, 0) is 6.54 Å². The van der Waals surface area contributed by atoms with Gasteiger partial charge in [-0.05, 0) is 69.2 Å². The number of hydrogen-bond acceptors (Lipinski definition) is 4. The first-order chi connectivity index (χ1) is 17.3. The van der Waals surface area contributed by atoms with E-state index in [1.807, 2.05) is 42.5 Å². The van der Waals surface area contributed by atoms with Crippen LogP contribution < -0.4 is 10.3 Å². The lowest BCUT2D eigenvalue weighted by molar-refractivity contribution is -0.903. The van der Waals surface area contributed by atoms with Crippen molar-refractivity contribution in [3.05, 3.63) is 58.3 Å². The van der Waals surface area contributed by atoms with E-state index < -0.39 is 0 Å². The smallest absolute Gasteiger partial charge is 0.235 e. The molecule has 0 saturated carbocycles. The van der Waals surface area contributed by atoms with Crippen LogP contribution in [0.3, 0.4) is 0 Å². The summed E-state index contributed by atoms with van der Waals surface area (Å²) in [6, 6.07) is 13.6. The third kappa shape index (κ3) is 7.13. The molecule has 3 aromatic rings. The van der Waals surface area contributed by atoms with E-state index >= 15 is 0 Å². The lowest BCUT2D eigenvalue weighted by atomic mass is 10.1. The van der Waals surface area contributed by atoms with Gasteiger partial charge < -0.3 is 18.9 Å². The normalized spacial score (nSPS) is 11.8. The minimum atomic E-state index is -0.377. The molecule has 0 aliphatic carbocycles. The van der Waals surface area contributed by atoms with Gasteiger partial charge in [0.05, 0.1) is 26.0 Å². The Labute approximate surface area is 216 Å². The zero-order valence-corrected chi connectivity index (χ0v) is 23.0. The third-order valence-corrected chi connectivity index (χ3v) is 7.17. The van der Waals surface area contributed by atoms with Crippen molar-refractivity contribution in [3.63, 3.8) is 0 Å². The Morgan fingerprint density at radius 1 is 0.861 bits per heavy atom. The Kier molecular flexibility index (Phi) is 10.0. The van der Waals surface area contributed by atoms with Crippen LogP contribution in [0.15, 0.2) is 51.7 Å². The van der Waals surface area contributed by atoms with E-state index in [0.29, 0.717) is 16.5 Å². The van der Waals surface area contributed by atoms with Crippen molar-refractivity contribution < 1.29 is 14.0 Å². The molecule has 0 bridgehead atoms. The van der Waals surface area contributed by atoms with Crippen LogP contribution in [0.5, 0.6) is 5.75 Å². The van der Waals surface area contributed by atoms with Crippen LogP contribution >= 0.6 is 0 Å². The van der Waals surface area contributed by atoms with E-state index in [-0.39, 0.29) is 16.9 Å². The van der Waals surface area contributed by atoms with Crippen molar-refractivity contribution in [3.8, 4) is 17.1 Å². The summed E-state index contributed by atoms with van der Waals surface area (Å²) in [5.74, 6) is -0.103. The summed E-state index contributed by atoms with van der Waals surface area (Å²) < 4.78 is 6.92. The van der Waals surface area contributed by atoms with E-state index in [1.165, 1.54) is 44.9 Å². The van der Waals surface area contributed by atoms with Crippen LogP contribution in [0, 0.1) is 0 Å². The number of quaternary nitrogens is 1. The molecule has 196 valence electrons. The third-order valence-electron chi connectivity index (χ3n) is 7.17. The summed E-state index contributed by atoms with van der Waals surface area (Å²) in [5, 5.41) is 11.2. The van der Waals surface area contributed by atoms with Gasteiger partial charge in [0.25, 0.3) is 0 Å². The molecule has 0 aliphatic heterocycles. The van der Waals surface area contributed by atoms with Gasteiger partial charge in [-0.15, -0.1) is 0 Å². The van der Waals surface area contributed by atoms with Crippen molar-refractivity contribution in [2.24, 2.45) is 0 Å². The number of unbranched alkanes of at least 4 members (excludes halogenated alkanes) is 6. The summed E-state index contributed by atoms with van der Waals surface area (Å²) in [4.78, 5) is 15.3. The zero-order valence-electron chi connectivity index (χ0n) is 23.0. The highest BCUT2D eigenvalue weighted by atomic mass is 16.4. The minimum Gasteiger partial charge on any atom is -0.502 e. The molecule has 5 nitrogen and oxygen atoms in total. The second-order valence-corrected chi connectivity index (χ2v) is 10.6. The number of benzene rings is 2. The SMILES string of the molecule is CCCCCCCCC[N+](C)(C)Cc1ccc2oc(-c3ccc(N(CC)CC)cc3)c(O)c(=O)c2c1. The molecular formula is C31H45N2O3+. The molecule has 0 amide bonds. The fourth-order valence-electron chi connectivity index (χ4n) is 5.01. The molecule has 0 saturated heterocycles. The molecule has 1 aromatic heterocycles. The highest BCUT2D eigenvalue weighted by Crippen LogP contribution is 2.32. The van der Waals surface area contributed by atoms with Crippen LogP contribution in [0.2, 0.25) is 0 Å². The maximum Gasteiger partial charge on any atom is 0.235 e. The molecule has 2 aromatic carbocycles. The number of rotatable bonds is 14. The van der Waals surface area contributed by atoms with Gasteiger partial charge in [0, 0.05) is 29.9 Å². The van der Waals surface area contributed by atoms with E-state index in [4.69, 9.17) is 4.42 Å². The first kappa shape index (κ1) is 27.8. The molecule has 0 spiro atoms. The molecule has 0 radical (unpaired) electrons. The van der Waals surface area contributed by atoms with Crippen molar-refractivity contribution in [1.82, 2.24) is 0 Å². The molecule has 1 heterocycles. The lowest BCUT2D eigenvalue weighted by Crippen LogP contribution is -2.39. The number of anilines is 1. The predicted molar refractivity (Wildman–Crippen MR) is 152 cm³/mol. The second kappa shape index (κ2) is 13.0. The molecular weight excluding hydrogens is 448 g/mol. The van der Waals surface area contributed by atoms with Crippen LogP contribution in [-0.4, -0.2) is 43.3 Å². The standard InChI is InChI=1S/C31H44N2O3/c1-6-9-10-11-12-13-14-21-33(4,5)23-24-15-20-28-27(22-24)29(34)30(35)31(36-28)25-16-18-26(19-17-25)32(7-2)8-3/h15-20,22H,6-14,21,23H2,1-5H3/p+1. The lowest BCUT2D eigenvalue weighted by Gasteiger charge is -2.30. The van der Waals surface area contributed by atoms with E-state index in [0.717, 1.165) is 41.9 Å². The Balaban J connectivity index is 1.73. The van der Waals surface area contributed by atoms with Crippen molar-refractivity contribution in [2.75, 3.05) is 38.6 Å². The van der Waals surface area contributed by atoms with Gasteiger partial charge >= 0.3 is 0 Å².